The Kier molecular flexibility index (Phi) is 5.15. The van der Waals surface area contributed by atoms with Crippen molar-refractivity contribution in [2.24, 2.45) is 5.10 Å². The molecule has 2 aliphatic rings. The summed E-state index contributed by atoms with van der Waals surface area (Å²) >= 11 is 5.57. The number of aromatic nitrogens is 2. The van der Waals surface area contributed by atoms with Crippen LogP contribution in [0.15, 0.2) is 48.0 Å². The molecule has 4 heterocycles. The SMILES string of the molecule is CN1CC/C(=N/NC(=S)N2CCN(c3cccnc3)CC2)c2ncccc21. The van der Waals surface area contributed by atoms with Gasteiger partial charge < -0.3 is 14.7 Å². The van der Waals surface area contributed by atoms with Gasteiger partial charge in [-0.3, -0.25) is 15.4 Å². The van der Waals surface area contributed by atoms with E-state index in [2.05, 4.69) is 54.4 Å². The van der Waals surface area contributed by atoms with Crippen LogP contribution in [0, 0.1) is 0 Å². The van der Waals surface area contributed by atoms with Crippen molar-refractivity contribution in [2.75, 3.05) is 49.6 Å². The Morgan fingerprint density at radius 1 is 1.11 bits per heavy atom. The van der Waals surface area contributed by atoms with Gasteiger partial charge in [-0.15, -0.1) is 0 Å². The molecule has 27 heavy (non-hydrogen) atoms. The highest BCUT2D eigenvalue weighted by molar-refractivity contribution is 7.80. The molecule has 0 unspecified atom stereocenters. The van der Waals surface area contributed by atoms with Gasteiger partial charge in [0, 0.05) is 58.6 Å². The molecule has 7 nitrogen and oxygen atoms in total. The molecule has 0 amide bonds. The molecule has 4 rings (SSSR count). The van der Waals surface area contributed by atoms with Gasteiger partial charge in [-0.1, -0.05) is 0 Å². The number of anilines is 2. The average Bonchev–Trinajstić information content (AvgIpc) is 2.74. The van der Waals surface area contributed by atoms with Crippen LogP contribution in [0.1, 0.15) is 12.1 Å². The summed E-state index contributed by atoms with van der Waals surface area (Å²) in [6, 6.07) is 8.10. The monoisotopic (exact) mass is 381 g/mol. The number of hydrazone groups is 1. The molecule has 2 aromatic rings. The van der Waals surface area contributed by atoms with Crippen LogP contribution in [-0.2, 0) is 0 Å². The van der Waals surface area contributed by atoms with Crippen molar-refractivity contribution in [3.8, 4) is 0 Å². The molecule has 1 N–H and O–H groups in total. The van der Waals surface area contributed by atoms with E-state index in [-0.39, 0.29) is 0 Å². The Bertz CT molecular complexity index is 831. The van der Waals surface area contributed by atoms with Gasteiger partial charge in [0.1, 0.15) is 5.69 Å². The van der Waals surface area contributed by atoms with Crippen LogP contribution in [0.2, 0.25) is 0 Å². The molecule has 0 aliphatic carbocycles. The van der Waals surface area contributed by atoms with E-state index in [0.717, 1.165) is 61.9 Å². The van der Waals surface area contributed by atoms with Crippen LogP contribution < -0.4 is 15.2 Å². The summed E-state index contributed by atoms with van der Waals surface area (Å²) in [7, 11) is 2.08. The maximum absolute atomic E-state index is 5.57. The van der Waals surface area contributed by atoms with Gasteiger partial charge in [-0.2, -0.15) is 5.10 Å². The molecule has 0 radical (unpaired) electrons. The lowest BCUT2D eigenvalue weighted by Gasteiger charge is -2.36. The molecule has 1 fully saturated rings. The third kappa shape index (κ3) is 3.85. The van der Waals surface area contributed by atoms with Crippen LogP contribution in [0.3, 0.4) is 0 Å². The van der Waals surface area contributed by atoms with Gasteiger partial charge in [0.25, 0.3) is 0 Å². The fourth-order valence-electron chi connectivity index (χ4n) is 3.44. The van der Waals surface area contributed by atoms with Crippen molar-refractivity contribution >= 4 is 34.4 Å². The summed E-state index contributed by atoms with van der Waals surface area (Å²) in [5, 5.41) is 5.25. The summed E-state index contributed by atoms with van der Waals surface area (Å²) in [5.41, 5.74) is 7.25. The van der Waals surface area contributed by atoms with Crippen molar-refractivity contribution in [2.45, 2.75) is 6.42 Å². The zero-order chi connectivity index (χ0) is 18.6. The number of thiocarbonyl (C=S) groups is 1. The first-order valence-corrected chi connectivity index (χ1v) is 9.56. The Balaban J connectivity index is 1.37. The van der Waals surface area contributed by atoms with E-state index in [1.165, 1.54) is 0 Å². The first-order valence-electron chi connectivity index (χ1n) is 9.15. The molecule has 0 bridgehead atoms. The summed E-state index contributed by atoms with van der Waals surface area (Å²) < 4.78 is 0. The Hall–Kier alpha value is -2.74. The Morgan fingerprint density at radius 3 is 2.70 bits per heavy atom. The summed E-state index contributed by atoms with van der Waals surface area (Å²) in [6.45, 7) is 4.49. The lowest BCUT2D eigenvalue weighted by Crippen LogP contribution is -2.51. The number of hydrogen-bond donors (Lipinski definition) is 1. The fourth-order valence-corrected chi connectivity index (χ4v) is 3.67. The van der Waals surface area contributed by atoms with E-state index in [0.29, 0.717) is 5.11 Å². The maximum Gasteiger partial charge on any atom is 0.189 e. The molecule has 2 aliphatic heterocycles. The number of nitrogens with one attached hydrogen (secondary N) is 1. The van der Waals surface area contributed by atoms with E-state index in [1.54, 1.807) is 6.20 Å². The molecular weight excluding hydrogens is 358 g/mol. The zero-order valence-corrected chi connectivity index (χ0v) is 16.2. The number of rotatable bonds is 2. The summed E-state index contributed by atoms with van der Waals surface area (Å²) in [5.74, 6) is 0. The molecular formula is C19H23N7S. The normalized spacial score (nSPS) is 18.4. The second-order valence-electron chi connectivity index (χ2n) is 6.70. The van der Waals surface area contributed by atoms with E-state index >= 15 is 0 Å². The van der Waals surface area contributed by atoms with Crippen LogP contribution in [0.4, 0.5) is 11.4 Å². The molecule has 0 spiro atoms. The molecule has 0 aromatic carbocycles. The minimum Gasteiger partial charge on any atom is -0.372 e. The first kappa shape index (κ1) is 17.7. The van der Waals surface area contributed by atoms with Crippen molar-refractivity contribution < 1.29 is 0 Å². The minimum absolute atomic E-state index is 0.671. The van der Waals surface area contributed by atoms with Crippen molar-refractivity contribution in [3.63, 3.8) is 0 Å². The van der Waals surface area contributed by atoms with Crippen molar-refractivity contribution in [1.82, 2.24) is 20.3 Å². The zero-order valence-electron chi connectivity index (χ0n) is 15.4. The third-order valence-corrected chi connectivity index (χ3v) is 5.37. The van der Waals surface area contributed by atoms with Gasteiger partial charge in [-0.05, 0) is 36.5 Å². The van der Waals surface area contributed by atoms with Crippen molar-refractivity contribution in [1.29, 1.82) is 0 Å². The van der Waals surface area contributed by atoms with E-state index in [9.17, 15) is 0 Å². The molecule has 1 saturated heterocycles. The standard InChI is InChI=1S/C19H23N7S/c1-24-9-6-16(18-17(24)5-3-8-21-18)22-23-19(27)26-12-10-25(11-13-26)15-4-2-7-20-14-15/h2-5,7-8,14H,6,9-13H2,1H3,(H,23,27)/b22-16-. The largest absolute Gasteiger partial charge is 0.372 e. The Morgan fingerprint density at radius 2 is 1.93 bits per heavy atom. The summed E-state index contributed by atoms with van der Waals surface area (Å²) in [4.78, 5) is 15.4. The molecule has 8 heteroatoms. The van der Waals surface area contributed by atoms with Crippen LogP contribution in [-0.4, -0.2) is 65.5 Å². The number of pyridine rings is 2. The second-order valence-corrected chi connectivity index (χ2v) is 7.09. The topological polar surface area (TPSA) is 59.9 Å². The van der Waals surface area contributed by atoms with Crippen LogP contribution in [0.25, 0.3) is 0 Å². The van der Waals surface area contributed by atoms with Gasteiger partial charge in [0.15, 0.2) is 5.11 Å². The number of hydrogen-bond acceptors (Lipinski definition) is 6. The smallest absolute Gasteiger partial charge is 0.189 e. The maximum atomic E-state index is 5.57. The molecule has 140 valence electrons. The number of nitrogens with zero attached hydrogens (tertiary/aromatic N) is 6. The predicted molar refractivity (Wildman–Crippen MR) is 112 cm³/mol. The number of piperazine rings is 1. The Labute approximate surface area is 164 Å². The van der Waals surface area contributed by atoms with E-state index < -0.39 is 0 Å². The van der Waals surface area contributed by atoms with E-state index in [1.807, 2.05) is 24.5 Å². The number of fused-ring (bicyclic) bond motifs is 1. The lowest BCUT2D eigenvalue weighted by atomic mass is 10.1. The fraction of sp³-hybridized carbons (Fsp3) is 0.368. The highest BCUT2D eigenvalue weighted by atomic mass is 32.1. The van der Waals surface area contributed by atoms with Gasteiger partial charge in [0.2, 0.25) is 0 Å². The molecule has 0 saturated carbocycles. The quantitative estimate of drug-likeness (QED) is 0.628. The summed E-state index contributed by atoms with van der Waals surface area (Å²) in [6.07, 6.45) is 6.37. The lowest BCUT2D eigenvalue weighted by molar-refractivity contribution is 0.381. The van der Waals surface area contributed by atoms with Crippen molar-refractivity contribution in [3.05, 3.63) is 48.5 Å². The molecule has 0 atom stereocenters. The second kappa shape index (κ2) is 7.87. The van der Waals surface area contributed by atoms with Crippen LogP contribution >= 0.6 is 12.2 Å². The van der Waals surface area contributed by atoms with Gasteiger partial charge >= 0.3 is 0 Å². The average molecular weight is 382 g/mol. The van der Waals surface area contributed by atoms with Crippen LogP contribution in [0.5, 0.6) is 0 Å². The third-order valence-electron chi connectivity index (χ3n) is 5.02. The minimum atomic E-state index is 0.671. The molecule has 2 aromatic heterocycles. The van der Waals surface area contributed by atoms with Gasteiger partial charge in [0.05, 0.1) is 23.3 Å². The highest BCUT2D eigenvalue weighted by Crippen LogP contribution is 2.23. The highest BCUT2D eigenvalue weighted by Gasteiger charge is 2.22. The van der Waals surface area contributed by atoms with E-state index in [4.69, 9.17) is 12.2 Å². The first-order chi connectivity index (χ1) is 13.2. The predicted octanol–water partition coefficient (Wildman–Crippen LogP) is 1.72. The van der Waals surface area contributed by atoms with Gasteiger partial charge in [-0.25, -0.2) is 0 Å².